The lowest BCUT2D eigenvalue weighted by Crippen LogP contribution is -2.51. The number of nitrogens with one attached hydrogen (secondary N) is 3. The Hall–Kier alpha value is -3.36. The molecule has 2 fully saturated rings. The number of methoxy groups -OCH3 is 1. The SMILES string of the molecule is COc1cccc2[nH]c(C(=O)N(C)[C@@H](CC(C)C)C(=O)NC(C=O)CC3CC4(CCCCC4)NC3=O)cc12. The Balaban J connectivity index is 1.46. The van der Waals surface area contributed by atoms with Crippen LogP contribution in [0, 0.1) is 11.8 Å². The minimum absolute atomic E-state index is 0.0340. The highest BCUT2D eigenvalue weighted by Gasteiger charge is 2.45. The summed E-state index contributed by atoms with van der Waals surface area (Å²) < 4.78 is 5.40. The number of rotatable bonds is 10. The number of carbonyl (C=O) groups excluding carboxylic acids is 4. The number of hydrogen-bond acceptors (Lipinski definition) is 5. The monoisotopic (exact) mass is 524 g/mol. The van der Waals surface area contributed by atoms with Gasteiger partial charge in [-0.05, 0) is 56.2 Å². The zero-order chi connectivity index (χ0) is 27.4. The van der Waals surface area contributed by atoms with Gasteiger partial charge in [0.1, 0.15) is 23.8 Å². The molecule has 3 N–H and O–H groups in total. The van der Waals surface area contributed by atoms with Gasteiger partial charge in [0.15, 0.2) is 0 Å². The van der Waals surface area contributed by atoms with E-state index in [0.29, 0.717) is 30.6 Å². The first-order chi connectivity index (χ1) is 18.2. The number of nitrogens with zero attached hydrogens (tertiary/aromatic N) is 1. The molecule has 2 aliphatic rings. The summed E-state index contributed by atoms with van der Waals surface area (Å²) >= 11 is 0. The van der Waals surface area contributed by atoms with Crippen LogP contribution in [0.25, 0.3) is 10.9 Å². The first-order valence-electron chi connectivity index (χ1n) is 13.7. The van der Waals surface area contributed by atoms with Crippen LogP contribution in [-0.4, -0.2) is 65.7 Å². The van der Waals surface area contributed by atoms with Crippen LogP contribution in [0.15, 0.2) is 24.3 Å². The third-order valence-electron chi connectivity index (χ3n) is 8.10. The third kappa shape index (κ3) is 5.87. The van der Waals surface area contributed by atoms with Crippen molar-refractivity contribution < 1.29 is 23.9 Å². The quantitative estimate of drug-likeness (QED) is 0.411. The Morgan fingerprint density at radius 3 is 2.63 bits per heavy atom. The highest BCUT2D eigenvalue weighted by molar-refractivity contribution is 6.01. The van der Waals surface area contributed by atoms with Gasteiger partial charge in [0.05, 0.1) is 13.2 Å². The summed E-state index contributed by atoms with van der Waals surface area (Å²) in [5.41, 5.74) is 0.949. The molecule has 2 aromatic rings. The zero-order valence-electron chi connectivity index (χ0n) is 22.8. The lowest BCUT2D eigenvalue weighted by atomic mass is 9.78. The molecule has 1 spiro atoms. The summed E-state index contributed by atoms with van der Waals surface area (Å²) in [5.74, 6) is -0.296. The highest BCUT2D eigenvalue weighted by Crippen LogP contribution is 2.39. The number of carbonyl (C=O) groups is 4. The molecule has 206 valence electrons. The highest BCUT2D eigenvalue weighted by atomic mass is 16.5. The Bertz CT molecular complexity index is 1180. The van der Waals surface area contributed by atoms with E-state index < -0.39 is 18.0 Å². The summed E-state index contributed by atoms with van der Waals surface area (Å²) in [6.07, 6.45) is 7.41. The molecule has 1 aliphatic carbocycles. The Morgan fingerprint density at radius 1 is 1.24 bits per heavy atom. The van der Waals surface area contributed by atoms with Crippen LogP contribution in [0.1, 0.15) is 75.7 Å². The lowest BCUT2D eigenvalue weighted by Gasteiger charge is -2.33. The van der Waals surface area contributed by atoms with Crippen molar-refractivity contribution in [2.24, 2.45) is 11.8 Å². The average molecular weight is 525 g/mol. The number of ether oxygens (including phenoxy) is 1. The normalized spacial score (nSPS) is 20.2. The fraction of sp³-hybridized carbons (Fsp3) is 0.586. The molecule has 4 rings (SSSR count). The molecule has 1 aromatic carbocycles. The second-order valence-electron chi connectivity index (χ2n) is 11.4. The number of aldehydes is 1. The van der Waals surface area contributed by atoms with Crippen LogP contribution in [0.4, 0.5) is 0 Å². The Morgan fingerprint density at radius 2 is 1.97 bits per heavy atom. The third-order valence-corrected chi connectivity index (χ3v) is 8.10. The molecule has 1 aliphatic heterocycles. The molecule has 0 radical (unpaired) electrons. The second kappa shape index (κ2) is 11.6. The standard InChI is InChI=1S/C29H40N4O5/c1-18(2)13-24(33(3)28(37)23-15-21-22(31-23)9-8-10-25(21)38-4)27(36)30-20(17-34)14-19-16-29(32-26(19)35)11-6-5-7-12-29/h8-10,15,17-20,24,31H,5-7,11-14,16H2,1-4H3,(H,30,36)(H,32,35)/t19?,20?,24-/m0/s1. The smallest absolute Gasteiger partial charge is 0.270 e. The van der Waals surface area contributed by atoms with Gasteiger partial charge in [-0.3, -0.25) is 14.4 Å². The predicted molar refractivity (Wildman–Crippen MR) is 145 cm³/mol. The predicted octanol–water partition coefficient (Wildman–Crippen LogP) is 3.58. The van der Waals surface area contributed by atoms with Gasteiger partial charge in [-0.1, -0.05) is 39.2 Å². The van der Waals surface area contributed by atoms with Gasteiger partial charge in [0.2, 0.25) is 11.8 Å². The summed E-state index contributed by atoms with van der Waals surface area (Å²) in [5, 5.41) is 6.80. The van der Waals surface area contributed by atoms with Gasteiger partial charge in [0, 0.05) is 29.4 Å². The van der Waals surface area contributed by atoms with Crippen LogP contribution in [0.2, 0.25) is 0 Å². The fourth-order valence-electron chi connectivity index (χ4n) is 6.10. The summed E-state index contributed by atoms with van der Waals surface area (Å²) in [6, 6.07) is 5.67. The summed E-state index contributed by atoms with van der Waals surface area (Å²) in [4.78, 5) is 56.2. The van der Waals surface area contributed by atoms with Gasteiger partial charge in [-0.25, -0.2) is 0 Å². The summed E-state index contributed by atoms with van der Waals surface area (Å²) in [7, 11) is 3.18. The van der Waals surface area contributed by atoms with E-state index in [1.54, 1.807) is 20.2 Å². The minimum Gasteiger partial charge on any atom is -0.496 e. The molecule has 9 nitrogen and oxygen atoms in total. The summed E-state index contributed by atoms with van der Waals surface area (Å²) in [6.45, 7) is 3.96. The van der Waals surface area contributed by atoms with E-state index in [2.05, 4.69) is 15.6 Å². The van der Waals surface area contributed by atoms with Crippen LogP contribution in [0.5, 0.6) is 5.75 Å². The van der Waals surface area contributed by atoms with Gasteiger partial charge < -0.3 is 30.0 Å². The van der Waals surface area contributed by atoms with Crippen molar-refractivity contribution in [3.05, 3.63) is 30.0 Å². The number of aromatic nitrogens is 1. The maximum Gasteiger partial charge on any atom is 0.270 e. The Labute approximate surface area is 224 Å². The maximum absolute atomic E-state index is 13.5. The van der Waals surface area contributed by atoms with Crippen LogP contribution in [0.3, 0.4) is 0 Å². The number of amides is 3. The van der Waals surface area contributed by atoms with Gasteiger partial charge >= 0.3 is 0 Å². The van der Waals surface area contributed by atoms with Gasteiger partial charge in [-0.2, -0.15) is 0 Å². The Kier molecular flexibility index (Phi) is 8.43. The van der Waals surface area contributed by atoms with Gasteiger partial charge in [-0.15, -0.1) is 0 Å². The minimum atomic E-state index is -0.799. The first kappa shape index (κ1) is 27.7. The van der Waals surface area contributed by atoms with Crippen molar-refractivity contribution in [1.29, 1.82) is 0 Å². The number of fused-ring (bicyclic) bond motifs is 1. The molecule has 1 saturated heterocycles. The molecule has 3 atom stereocenters. The van der Waals surface area contributed by atoms with Gasteiger partial charge in [0.25, 0.3) is 5.91 Å². The van der Waals surface area contributed by atoms with Crippen LogP contribution < -0.4 is 15.4 Å². The molecular formula is C29H40N4O5. The number of H-pyrrole nitrogens is 1. The largest absolute Gasteiger partial charge is 0.496 e. The molecule has 1 saturated carbocycles. The van der Waals surface area contributed by atoms with Crippen LogP contribution in [-0.2, 0) is 14.4 Å². The number of likely N-dealkylation sites (N-methyl/N-ethyl adjacent to an activating group) is 1. The molecule has 2 heterocycles. The molecule has 3 amide bonds. The second-order valence-corrected chi connectivity index (χ2v) is 11.4. The number of aromatic amines is 1. The molecule has 0 bridgehead atoms. The van der Waals surface area contributed by atoms with Crippen LogP contribution >= 0.6 is 0 Å². The maximum atomic E-state index is 13.5. The van der Waals surface area contributed by atoms with E-state index in [-0.39, 0.29) is 35.6 Å². The van der Waals surface area contributed by atoms with E-state index in [4.69, 9.17) is 4.74 Å². The molecule has 9 heteroatoms. The van der Waals surface area contributed by atoms with Crippen molar-refractivity contribution in [3.63, 3.8) is 0 Å². The van der Waals surface area contributed by atoms with E-state index >= 15 is 0 Å². The average Bonchev–Trinajstić information content (AvgIpc) is 3.46. The van der Waals surface area contributed by atoms with Crippen molar-refractivity contribution in [1.82, 2.24) is 20.5 Å². The first-order valence-corrected chi connectivity index (χ1v) is 13.7. The topological polar surface area (TPSA) is 121 Å². The molecule has 38 heavy (non-hydrogen) atoms. The fourth-order valence-corrected chi connectivity index (χ4v) is 6.10. The van der Waals surface area contributed by atoms with E-state index in [1.165, 1.54) is 11.3 Å². The number of hydrogen-bond donors (Lipinski definition) is 3. The van der Waals surface area contributed by atoms with E-state index in [1.807, 2.05) is 32.0 Å². The molecule has 1 aromatic heterocycles. The van der Waals surface area contributed by atoms with Crippen molar-refractivity contribution in [3.8, 4) is 5.75 Å². The molecule has 2 unspecified atom stereocenters. The van der Waals surface area contributed by atoms with Crippen molar-refractivity contribution in [2.45, 2.75) is 82.8 Å². The van der Waals surface area contributed by atoms with E-state index in [9.17, 15) is 19.2 Å². The zero-order valence-corrected chi connectivity index (χ0v) is 22.8. The van der Waals surface area contributed by atoms with E-state index in [0.717, 1.165) is 36.6 Å². The molecular weight excluding hydrogens is 484 g/mol. The lowest BCUT2D eigenvalue weighted by molar-refractivity contribution is -0.129. The number of benzene rings is 1. The van der Waals surface area contributed by atoms with Crippen molar-refractivity contribution in [2.75, 3.05) is 14.2 Å². The van der Waals surface area contributed by atoms with Crippen molar-refractivity contribution >= 4 is 34.9 Å².